The number of pyridine rings is 1. The van der Waals surface area contributed by atoms with Crippen LogP contribution in [0.15, 0.2) is 37.1 Å². The molecule has 2 aromatic heterocycles. The molecule has 0 aliphatic carbocycles. The Morgan fingerprint density at radius 3 is 3.09 bits per heavy atom. The summed E-state index contributed by atoms with van der Waals surface area (Å²) in [5.41, 5.74) is 0.680. The zero-order valence-electron chi connectivity index (χ0n) is 12.8. The van der Waals surface area contributed by atoms with Crippen molar-refractivity contribution in [3.8, 4) is 5.82 Å². The molecule has 1 unspecified atom stereocenters. The van der Waals surface area contributed by atoms with Gasteiger partial charge in [-0.2, -0.15) is 0 Å². The van der Waals surface area contributed by atoms with Crippen molar-refractivity contribution >= 4 is 5.91 Å². The number of rotatable bonds is 5. The van der Waals surface area contributed by atoms with Crippen molar-refractivity contribution in [2.45, 2.75) is 25.8 Å². The summed E-state index contributed by atoms with van der Waals surface area (Å²) in [5, 5.41) is 3.33. The average molecular weight is 299 g/mol. The standard InChI is InChI=1S/C16H21N5O/c1-2-8-21(14-4-5-17-11-14)16(22)13-3-6-19-15(10-13)20-9-7-18-12-20/h3,6-7,9-10,12,14,17H,2,4-5,8,11H2,1H3. The minimum atomic E-state index is 0.0827. The second-order valence-corrected chi connectivity index (χ2v) is 5.52. The van der Waals surface area contributed by atoms with Crippen molar-refractivity contribution in [3.05, 3.63) is 42.6 Å². The first-order valence-electron chi connectivity index (χ1n) is 7.75. The van der Waals surface area contributed by atoms with Gasteiger partial charge in [0.1, 0.15) is 12.1 Å². The number of nitrogens with one attached hydrogen (secondary N) is 1. The number of carbonyl (C=O) groups excluding carboxylic acids is 1. The first-order valence-corrected chi connectivity index (χ1v) is 7.75. The Kier molecular flexibility index (Phi) is 4.48. The number of imidazole rings is 1. The van der Waals surface area contributed by atoms with E-state index in [1.807, 2.05) is 17.2 Å². The molecule has 22 heavy (non-hydrogen) atoms. The highest BCUT2D eigenvalue weighted by Crippen LogP contribution is 2.15. The van der Waals surface area contributed by atoms with Gasteiger partial charge in [0.05, 0.1) is 0 Å². The summed E-state index contributed by atoms with van der Waals surface area (Å²) < 4.78 is 1.80. The van der Waals surface area contributed by atoms with Crippen LogP contribution in [-0.2, 0) is 0 Å². The maximum absolute atomic E-state index is 12.9. The maximum Gasteiger partial charge on any atom is 0.254 e. The van der Waals surface area contributed by atoms with Gasteiger partial charge in [0.2, 0.25) is 0 Å². The van der Waals surface area contributed by atoms with E-state index in [0.717, 1.165) is 32.5 Å². The monoisotopic (exact) mass is 299 g/mol. The third-order valence-electron chi connectivity index (χ3n) is 3.96. The predicted octanol–water partition coefficient (Wildman–Crippen LogP) is 1.48. The molecule has 1 saturated heterocycles. The molecule has 1 amide bonds. The minimum absolute atomic E-state index is 0.0827. The van der Waals surface area contributed by atoms with Crippen LogP contribution in [-0.4, -0.2) is 51.0 Å². The molecule has 116 valence electrons. The molecule has 0 aromatic carbocycles. The van der Waals surface area contributed by atoms with Crippen LogP contribution < -0.4 is 5.32 Å². The quantitative estimate of drug-likeness (QED) is 0.908. The number of hydrogen-bond acceptors (Lipinski definition) is 4. The van der Waals surface area contributed by atoms with Crippen molar-refractivity contribution in [1.29, 1.82) is 0 Å². The minimum Gasteiger partial charge on any atom is -0.334 e. The van der Waals surface area contributed by atoms with Crippen LogP contribution in [0, 0.1) is 0 Å². The van der Waals surface area contributed by atoms with Gasteiger partial charge >= 0.3 is 0 Å². The van der Waals surface area contributed by atoms with Crippen LogP contribution in [0.3, 0.4) is 0 Å². The van der Waals surface area contributed by atoms with Gasteiger partial charge in [0.15, 0.2) is 0 Å². The molecule has 6 heteroatoms. The SMILES string of the molecule is CCCN(C(=O)c1ccnc(-n2ccnc2)c1)C1CCNC1. The molecule has 0 saturated carbocycles. The maximum atomic E-state index is 12.9. The molecule has 1 aliphatic heterocycles. The molecule has 1 atom stereocenters. The summed E-state index contributed by atoms with van der Waals surface area (Å²) in [6.07, 6.45) is 8.86. The molecule has 1 fully saturated rings. The Labute approximate surface area is 130 Å². The first-order chi connectivity index (χ1) is 10.8. The Bertz CT molecular complexity index is 619. The van der Waals surface area contributed by atoms with E-state index in [-0.39, 0.29) is 11.9 Å². The lowest BCUT2D eigenvalue weighted by molar-refractivity contribution is 0.0692. The van der Waals surface area contributed by atoms with Gasteiger partial charge in [-0.3, -0.25) is 9.36 Å². The van der Waals surface area contributed by atoms with Gasteiger partial charge in [-0.15, -0.1) is 0 Å². The lowest BCUT2D eigenvalue weighted by Crippen LogP contribution is -2.42. The first kappa shape index (κ1) is 14.7. The molecule has 3 heterocycles. The van der Waals surface area contributed by atoms with E-state index in [4.69, 9.17) is 0 Å². The number of aromatic nitrogens is 3. The number of carbonyl (C=O) groups is 1. The van der Waals surface area contributed by atoms with Crippen LogP contribution in [0.2, 0.25) is 0 Å². The van der Waals surface area contributed by atoms with E-state index in [1.54, 1.807) is 29.4 Å². The number of hydrogen-bond donors (Lipinski definition) is 1. The molecule has 1 N–H and O–H groups in total. The average Bonchev–Trinajstić information content (AvgIpc) is 3.25. The normalized spacial score (nSPS) is 17.6. The molecule has 0 bridgehead atoms. The van der Waals surface area contributed by atoms with Gasteiger partial charge < -0.3 is 10.2 Å². The van der Waals surface area contributed by atoms with E-state index < -0.39 is 0 Å². The molecular weight excluding hydrogens is 278 g/mol. The fourth-order valence-corrected chi connectivity index (χ4v) is 2.85. The van der Waals surface area contributed by atoms with Crippen LogP contribution in [0.1, 0.15) is 30.1 Å². The number of nitrogens with zero attached hydrogens (tertiary/aromatic N) is 4. The van der Waals surface area contributed by atoms with Gasteiger partial charge in [-0.05, 0) is 31.5 Å². The van der Waals surface area contributed by atoms with E-state index in [1.165, 1.54) is 0 Å². The molecule has 0 radical (unpaired) electrons. The highest BCUT2D eigenvalue weighted by Gasteiger charge is 2.26. The summed E-state index contributed by atoms with van der Waals surface area (Å²) >= 11 is 0. The fraction of sp³-hybridized carbons (Fsp3) is 0.438. The second-order valence-electron chi connectivity index (χ2n) is 5.52. The van der Waals surface area contributed by atoms with Crippen molar-refractivity contribution in [3.63, 3.8) is 0 Å². The van der Waals surface area contributed by atoms with E-state index in [9.17, 15) is 4.79 Å². The Balaban J connectivity index is 1.85. The number of amides is 1. The summed E-state index contributed by atoms with van der Waals surface area (Å²) in [5.74, 6) is 0.795. The Morgan fingerprint density at radius 1 is 1.50 bits per heavy atom. The van der Waals surface area contributed by atoms with Crippen LogP contribution in [0.4, 0.5) is 0 Å². The molecule has 6 nitrogen and oxygen atoms in total. The third kappa shape index (κ3) is 3.01. The second kappa shape index (κ2) is 6.70. The zero-order chi connectivity index (χ0) is 15.4. The van der Waals surface area contributed by atoms with Crippen molar-refractivity contribution in [2.24, 2.45) is 0 Å². The highest BCUT2D eigenvalue weighted by atomic mass is 16.2. The molecule has 1 aliphatic rings. The largest absolute Gasteiger partial charge is 0.334 e. The van der Waals surface area contributed by atoms with E-state index in [0.29, 0.717) is 11.4 Å². The lowest BCUT2D eigenvalue weighted by Gasteiger charge is -2.28. The summed E-state index contributed by atoms with van der Waals surface area (Å²) in [7, 11) is 0. The van der Waals surface area contributed by atoms with Crippen LogP contribution in [0.25, 0.3) is 5.82 Å². The summed E-state index contributed by atoms with van der Waals surface area (Å²) in [4.78, 5) is 23.2. The molecule has 2 aromatic rings. The van der Waals surface area contributed by atoms with E-state index >= 15 is 0 Å². The summed E-state index contributed by atoms with van der Waals surface area (Å²) in [6, 6.07) is 3.90. The van der Waals surface area contributed by atoms with Crippen LogP contribution in [0.5, 0.6) is 0 Å². The predicted molar refractivity (Wildman–Crippen MR) is 84.0 cm³/mol. The fourth-order valence-electron chi connectivity index (χ4n) is 2.85. The highest BCUT2D eigenvalue weighted by molar-refractivity contribution is 5.94. The molecule has 3 rings (SSSR count). The Hall–Kier alpha value is -2.21. The smallest absolute Gasteiger partial charge is 0.254 e. The molecule has 0 spiro atoms. The summed E-state index contributed by atoms with van der Waals surface area (Å²) in [6.45, 7) is 4.75. The third-order valence-corrected chi connectivity index (χ3v) is 3.96. The van der Waals surface area contributed by atoms with Crippen molar-refractivity contribution in [2.75, 3.05) is 19.6 Å². The van der Waals surface area contributed by atoms with Gasteiger partial charge in [-0.25, -0.2) is 9.97 Å². The van der Waals surface area contributed by atoms with E-state index in [2.05, 4.69) is 22.2 Å². The van der Waals surface area contributed by atoms with Crippen LogP contribution >= 0.6 is 0 Å². The van der Waals surface area contributed by atoms with Crippen molar-refractivity contribution in [1.82, 2.24) is 24.8 Å². The Morgan fingerprint density at radius 2 is 2.41 bits per heavy atom. The zero-order valence-corrected chi connectivity index (χ0v) is 12.8. The lowest BCUT2D eigenvalue weighted by atomic mass is 10.1. The van der Waals surface area contributed by atoms with Gasteiger partial charge in [0, 0.05) is 43.3 Å². The topological polar surface area (TPSA) is 63.1 Å². The van der Waals surface area contributed by atoms with Gasteiger partial charge in [0.25, 0.3) is 5.91 Å². The van der Waals surface area contributed by atoms with Gasteiger partial charge in [-0.1, -0.05) is 6.92 Å². The van der Waals surface area contributed by atoms with Crippen molar-refractivity contribution < 1.29 is 4.79 Å². The molecular formula is C16H21N5O.